The minimum atomic E-state index is 0.410. The molecule has 2 aromatic carbocycles. The molecule has 138 valence electrons. The number of nitrogens with zero attached hydrogens (tertiary/aromatic N) is 2. The van der Waals surface area contributed by atoms with E-state index in [0.29, 0.717) is 23.8 Å². The summed E-state index contributed by atoms with van der Waals surface area (Å²) in [5.41, 5.74) is 2.50. The van der Waals surface area contributed by atoms with Crippen LogP contribution >= 0.6 is 0 Å². The van der Waals surface area contributed by atoms with Gasteiger partial charge in [0.2, 0.25) is 11.7 Å². The Kier molecular flexibility index (Phi) is 4.17. The van der Waals surface area contributed by atoms with Gasteiger partial charge in [-0.1, -0.05) is 47.6 Å². The van der Waals surface area contributed by atoms with E-state index in [1.807, 2.05) is 42.5 Å². The average molecular weight is 361 g/mol. The summed E-state index contributed by atoms with van der Waals surface area (Å²) in [4.78, 5) is 4.69. The first-order valence-electron chi connectivity index (χ1n) is 9.64. The van der Waals surface area contributed by atoms with Crippen LogP contribution in [-0.4, -0.2) is 23.2 Å². The number of rotatable bonds is 5. The fraction of sp³-hybridized carbons (Fsp3) is 0.364. The molecule has 1 saturated heterocycles. The summed E-state index contributed by atoms with van der Waals surface area (Å²) in [6.07, 6.45) is 3.61. The molecular weight excluding hydrogens is 338 g/mol. The van der Waals surface area contributed by atoms with E-state index >= 15 is 0 Å². The van der Waals surface area contributed by atoms with E-state index in [-0.39, 0.29) is 0 Å². The van der Waals surface area contributed by atoms with Crippen LogP contribution in [0.5, 0.6) is 5.75 Å². The van der Waals surface area contributed by atoms with E-state index in [1.54, 1.807) is 0 Å². The predicted octanol–water partition coefficient (Wildman–Crippen LogP) is 4.17. The Morgan fingerprint density at radius 3 is 2.59 bits per heavy atom. The SMILES string of the molecule is c1ccc(OCc2ccc(-c3noc(C4CC45CCNCC5)n3)cc2)cc1. The van der Waals surface area contributed by atoms with Gasteiger partial charge >= 0.3 is 0 Å². The van der Waals surface area contributed by atoms with Crippen molar-refractivity contribution in [1.82, 2.24) is 15.5 Å². The monoisotopic (exact) mass is 361 g/mol. The van der Waals surface area contributed by atoms with Crippen molar-refractivity contribution >= 4 is 0 Å². The first-order chi connectivity index (χ1) is 13.3. The molecule has 1 unspecified atom stereocenters. The zero-order valence-electron chi connectivity index (χ0n) is 15.2. The highest BCUT2D eigenvalue weighted by molar-refractivity contribution is 5.54. The average Bonchev–Trinajstić information content (AvgIpc) is 3.19. The third kappa shape index (κ3) is 3.35. The standard InChI is InChI=1S/C22H23N3O2/c1-2-4-18(5-3-1)26-15-16-6-8-17(9-7-16)20-24-21(27-25-20)19-14-22(19)10-12-23-13-11-22/h1-9,19,23H,10-15H2. The molecule has 2 heterocycles. The second-order valence-electron chi connectivity index (χ2n) is 7.62. The molecule has 1 aromatic heterocycles. The smallest absolute Gasteiger partial charge is 0.230 e. The fourth-order valence-electron chi connectivity index (χ4n) is 4.10. The van der Waals surface area contributed by atoms with E-state index in [9.17, 15) is 0 Å². The van der Waals surface area contributed by atoms with Crippen molar-refractivity contribution in [2.24, 2.45) is 5.41 Å². The van der Waals surface area contributed by atoms with Gasteiger partial charge in [-0.2, -0.15) is 4.98 Å². The number of hydrogen-bond donors (Lipinski definition) is 1. The number of aromatic nitrogens is 2. The van der Waals surface area contributed by atoms with Gasteiger partial charge in [0.15, 0.2) is 0 Å². The van der Waals surface area contributed by atoms with Crippen LogP contribution in [0.3, 0.4) is 0 Å². The van der Waals surface area contributed by atoms with Crippen molar-refractivity contribution in [2.45, 2.75) is 31.8 Å². The van der Waals surface area contributed by atoms with Crippen molar-refractivity contribution in [1.29, 1.82) is 0 Å². The van der Waals surface area contributed by atoms with Crippen LogP contribution in [0, 0.1) is 5.41 Å². The van der Waals surface area contributed by atoms with Crippen LogP contribution in [0.1, 0.15) is 36.6 Å². The number of hydrogen-bond acceptors (Lipinski definition) is 5. The van der Waals surface area contributed by atoms with Crippen LogP contribution in [0.4, 0.5) is 0 Å². The zero-order chi connectivity index (χ0) is 18.1. The molecule has 1 spiro atoms. The second-order valence-corrected chi connectivity index (χ2v) is 7.62. The minimum Gasteiger partial charge on any atom is -0.489 e. The molecule has 1 aliphatic carbocycles. The highest BCUT2D eigenvalue weighted by Gasteiger charge is 2.57. The molecule has 5 nitrogen and oxygen atoms in total. The molecule has 0 radical (unpaired) electrons. The van der Waals surface area contributed by atoms with E-state index in [4.69, 9.17) is 9.26 Å². The van der Waals surface area contributed by atoms with Crippen molar-refractivity contribution in [2.75, 3.05) is 13.1 Å². The molecule has 0 amide bonds. The molecule has 1 saturated carbocycles. The van der Waals surface area contributed by atoms with Gasteiger partial charge in [0.05, 0.1) is 0 Å². The predicted molar refractivity (Wildman–Crippen MR) is 102 cm³/mol. The molecule has 0 bridgehead atoms. The van der Waals surface area contributed by atoms with Gasteiger partial charge in [0.25, 0.3) is 0 Å². The van der Waals surface area contributed by atoms with Crippen molar-refractivity contribution in [3.63, 3.8) is 0 Å². The summed E-state index contributed by atoms with van der Waals surface area (Å²) in [6, 6.07) is 18.0. The molecule has 5 heteroatoms. The Labute approximate surface area is 158 Å². The van der Waals surface area contributed by atoms with Gasteiger partial charge in [-0.15, -0.1) is 0 Å². The van der Waals surface area contributed by atoms with Crippen LogP contribution in [0.2, 0.25) is 0 Å². The molecule has 1 N–H and O–H groups in total. The summed E-state index contributed by atoms with van der Waals surface area (Å²) in [5, 5.41) is 7.65. The third-order valence-corrected chi connectivity index (χ3v) is 5.89. The summed E-state index contributed by atoms with van der Waals surface area (Å²) in [6.45, 7) is 2.74. The summed E-state index contributed by atoms with van der Waals surface area (Å²) < 4.78 is 11.4. The molecule has 1 aliphatic heterocycles. The molecule has 2 fully saturated rings. The van der Waals surface area contributed by atoms with Crippen molar-refractivity contribution in [3.05, 3.63) is 66.1 Å². The Morgan fingerprint density at radius 1 is 1.04 bits per heavy atom. The van der Waals surface area contributed by atoms with Crippen molar-refractivity contribution in [3.8, 4) is 17.1 Å². The highest BCUT2D eigenvalue weighted by atomic mass is 16.5. The van der Waals surface area contributed by atoms with Crippen LogP contribution in [0.25, 0.3) is 11.4 Å². The Bertz CT molecular complexity index is 899. The minimum absolute atomic E-state index is 0.410. The number of nitrogens with one attached hydrogen (secondary N) is 1. The number of benzene rings is 2. The Balaban J connectivity index is 1.24. The Morgan fingerprint density at radius 2 is 1.81 bits per heavy atom. The lowest BCUT2D eigenvalue weighted by atomic mass is 9.92. The van der Waals surface area contributed by atoms with Crippen LogP contribution in [-0.2, 0) is 6.61 Å². The summed E-state index contributed by atoms with van der Waals surface area (Å²) in [5.74, 6) is 2.81. The maximum Gasteiger partial charge on any atom is 0.230 e. The molecular formula is C22H23N3O2. The molecule has 2 aliphatic rings. The molecule has 27 heavy (non-hydrogen) atoms. The largest absolute Gasteiger partial charge is 0.489 e. The van der Waals surface area contributed by atoms with E-state index in [0.717, 1.165) is 35.9 Å². The lowest BCUT2D eigenvalue weighted by molar-refractivity contribution is 0.306. The first-order valence-corrected chi connectivity index (χ1v) is 9.64. The van der Waals surface area contributed by atoms with E-state index in [1.165, 1.54) is 19.3 Å². The number of piperidine rings is 1. The highest BCUT2D eigenvalue weighted by Crippen LogP contribution is 2.63. The van der Waals surface area contributed by atoms with Gasteiger partial charge < -0.3 is 14.6 Å². The van der Waals surface area contributed by atoms with Gasteiger partial charge in [-0.25, -0.2) is 0 Å². The van der Waals surface area contributed by atoms with Crippen molar-refractivity contribution < 1.29 is 9.26 Å². The van der Waals surface area contributed by atoms with Gasteiger partial charge in [0, 0.05) is 11.5 Å². The quantitative estimate of drug-likeness (QED) is 0.739. The Hall–Kier alpha value is -2.66. The number of ether oxygens (including phenoxy) is 1. The zero-order valence-corrected chi connectivity index (χ0v) is 15.2. The lowest BCUT2D eigenvalue weighted by Crippen LogP contribution is -2.29. The van der Waals surface area contributed by atoms with Gasteiger partial charge in [-0.05, 0) is 55.5 Å². The molecule has 1 atom stereocenters. The summed E-state index contributed by atoms with van der Waals surface area (Å²) >= 11 is 0. The molecule has 3 aromatic rings. The topological polar surface area (TPSA) is 60.2 Å². The first kappa shape index (κ1) is 16.5. The van der Waals surface area contributed by atoms with Gasteiger partial charge in [0.1, 0.15) is 12.4 Å². The normalized spacial score (nSPS) is 20.5. The van der Waals surface area contributed by atoms with E-state index in [2.05, 4.69) is 27.6 Å². The van der Waals surface area contributed by atoms with Gasteiger partial charge in [-0.3, -0.25) is 0 Å². The number of para-hydroxylation sites is 1. The maximum atomic E-state index is 5.79. The maximum absolute atomic E-state index is 5.79. The third-order valence-electron chi connectivity index (χ3n) is 5.89. The van der Waals surface area contributed by atoms with E-state index < -0.39 is 0 Å². The van der Waals surface area contributed by atoms with Crippen LogP contribution < -0.4 is 10.1 Å². The lowest BCUT2D eigenvalue weighted by Gasteiger charge is -2.22. The second kappa shape index (κ2) is 6.82. The fourth-order valence-corrected chi connectivity index (χ4v) is 4.10. The summed E-state index contributed by atoms with van der Waals surface area (Å²) in [7, 11) is 0. The molecule has 5 rings (SSSR count). The van der Waals surface area contributed by atoms with Crippen LogP contribution in [0.15, 0.2) is 59.1 Å².